The lowest BCUT2D eigenvalue weighted by Gasteiger charge is -2.10. The molecule has 0 fully saturated rings. The molecule has 2 aromatic rings. The highest BCUT2D eigenvalue weighted by Gasteiger charge is 2.03. The maximum absolute atomic E-state index is 5.68. The van der Waals surface area contributed by atoms with E-state index in [0.29, 0.717) is 12.4 Å². The summed E-state index contributed by atoms with van der Waals surface area (Å²) in [5, 5.41) is 6.36. The van der Waals surface area contributed by atoms with Gasteiger partial charge in [0.25, 0.3) is 0 Å². The zero-order chi connectivity index (χ0) is 13.7. The van der Waals surface area contributed by atoms with E-state index in [1.165, 1.54) is 0 Å². The molecule has 100 valence electrons. The Morgan fingerprint density at radius 3 is 2.53 bits per heavy atom. The Morgan fingerprint density at radius 1 is 1.16 bits per heavy atom. The average Bonchev–Trinajstić information content (AvgIpc) is 2.37. The second kappa shape index (κ2) is 6.38. The summed E-state index contributed by atoms with van der Waals surface area (Å²) in [6.45, 7) is 3.47. The molecule has 0 aliphatic heterocycles. The predicted molar refractivity (Wildman–Crippen MR) is 82.1 cm³/mol. The number of nitrogens with zero attached hydrogens (tertiary/aromatic N) is 2. The van der Waals surface area contributed by atoms with Crippen LogP contribution in [0.15, 0.2) is 34.8 Å². The van der Waals surface area contributed by atoms with Crippen molar-refractivity contribution in [2.24, 2.45) is 0 Å². The number of nitrogens with one attached hydrogen (secondary N) is 2. The first-order valence-electron chi connectivity index (χ1n) is 6.04. The Labute approximate surface area is 120 Å². The van der Waals surface area contributed by atoms with Crippen LogP contribution in [0.3, 0.4) is 0 Å². The zero-order valence-corrected chi connectivity index (χ0v) is 12.2. The fraction of sp³-hybridized carbons (Fsp3) is 0.231. The molecule has 6 heteroatoms. The first-order valence-corrected chi connectivity index (χ1v) is 6.84. The first kappa shape index (κ1) is 13.6. The van der Waals surface area contributed by atoms with Gasteiger partial charge in [-0.1, -0.05) is 34.1 Å². The van der Waals surface area contributed by atoms with Gasteiger partial charge in [-0.15, -0.1) is 0 Å². The van der Waals surface area contributed by atoms with Crippen molar-refractivity contribution >= 4 is 33.5 Å². The normalized spacial score (nSPS) is 10.2. The van der Waals surface area contributed by atoms with Gasteiger partial charge in [-0.2, -0.15) is 9.97 Å². The molecule has 0 spiro atoms. The summed E-state index contributed by atoms with van der Waals surface area (Å²) < 4.78 is 1.07. The molecule has 5 nitrogen and oxygen atoms in total. The van der Waals surface area contributed by atoms with E-state index < -0.39 is 0 Å². The van der Waals surface area contributed by atoms with Crippen LogP contribution in [0.25, 0.3) is 0 Å². The van der Waals surface area contributed by atoms with Crippen LogP contribution in [0, 0.1) is 0 Å². The quantitative estimate of drug-likeness (QED) is 0.789. The second-order valence-electron chi connectivity index (χ2n) is 3.97. The van der Waals surface area contributed by atoms with Crippen molar-refractivity contribution in [1.82, 2.24) is 9.97 Å². The van der Waals surface area contributed by atoms with E-state index in [2.05, 4.69) is 36.5 Å². The second-order valence-corrected chi connectivity index (χ2v) is 4.83. The molecular weight excluding hydrogens is 306 g/mol. The summed E-state index contributed by atoms with van der Waals surface area (Å²) in [4.78, 5) is 8.26. The minimum absolute atomic E-state index is 0.257. The third kappa shape index (κ3) is 3.82. The van der Waals surface area contributed by atoms with Crippen LogP contribution in [0.5, 0.6) is 0 Å². The molecule has 1 heterocycles. The van der Waals surface area contributed by atoms with Gasteiger partial charge in [-0.25, -0.2) is 0 Å². The number of nitrogen functional groups attached to an aromatic ring is 1. The van der Waals surface area contributed by atoms with Crippen LogP contribution in [0.2, 0.25) is 0 Å². The van der Waals surface area contributed by atoms with Gasteiger partial charge in [0.15, 0.2) is 0 Å². The third-order valence-electron chi connectivity index (χ3n) is 2.52. The molecule has 1 aromatic carbocycles. The van der Waals surface area contributed by atoms with Crippen molar-refractivity contribution in [3.63, 3.8) is 0 Å². The molecular formula is C13H16BrN5. The number of hydrogen-bond donors (Lipinski definition) is 3. The Morgan fingerprint density at radius 2 is 1.84 bits per heavy atom. The molecule has 1 aromatic heterocycles. The lowest BCUT2D eigenvalue weighted by molar-refractivity contribution is 1.07. The zero-order valence-electron chi connectivity index (χ0n) is 10.7. The van der Waals surface area contributed by atoms with E-state index >= 15 is 0 Å². The van der Waals surface area contributed by atoms with Crippen LogP contribution >= 0.6 is 15.9 Å². The summed E-state index contributed by atoms with van der Waals surface area (Å²) in [5.74, 6) is 1.69. The highest BCUT2D eigenvalue weighted by Crippen LogP contribution is 2.18. The van der Waals surface area contributed by atoms with E-state index in [9.17, 15) is 0 Å². The average molecular weight is 322 g/mol. The summed E-state index contributed by atoms with van der Waals surface area (Å²) in [6, 6.07) is 9.89. The van der Waals surface area contributed by atoms with Gasteiger partial charge in [0.2, 0.25) is 5.95 Å². The van der Waals surface area contributed by atoms with Crippen LogP contribution < -0.4 is 16.4 Å². The van der Waals surface area contributed by atoms with Crippen molar-refractivity contribution < 1.29 is 0 Å². The summed E-state index contributed by atoms with van der Waals surface area (Å²) >= 11 is 3.51. The van der Waals surface area contributed by atoms with Crippen molar-refractivity contribution in [2.45, 2.75) is 13.5 Å². The molecule has 0 aliphatic rings. The highest BCUT2D eigenvalue weighted by atomic mass is 79.9. The number of anilines is 3. The summed E-state index contributed by atoms with van der Waals surface area (Å²) in [5.41, 5.74) is 6.83. The van der Waals surface area contributed by atoms with E-state index in [1.54, 1.807) is 0 Å². The molecule has 4 N–H and O–H groups in total. The molecule has 0 aliphatic carbocycles. The molecule has 0 radical (unpaired) electrons. The number of aromatic nitrogens is 2. The van der Waals surface area contributed by atoms with Crippen molar-refractivity contribution in [3.8, 4) is 0 Å². The van der Waals surface area contributed by atoms with Gasteiger partial charge >= 0.3 is 0 Å². The van der Waals surface area contributed by atoms with Gasteiger partial charge in [0.1, 0.15) is 11.6 Å². The molecule has 19 heavy (non-hydrogen) atoms. The van der Waals surface area contributed by atoms with E-state index in [0.717, 1.165) is 22.4 Å². The standard InChI is InChI=1S/C13H16BrN5/c1-2-16-11-7-12(19-13(15)18-11)17-8-9-5-3-4-6-10(9)14/h3-7H,2,8H2,1H3,(H4,15,16,17,18,19). The lowest BCUT2D eigenvalue weighted by atomic mass is 10.2. The number of nitrogens with two attached hydrogens (primary N) is 1. The lowest BCUT2D eigenvalue weighted by Crippen LogP contribution is -2.08. The molecule has 0 saturated heterocycles. The first-order chi connectivity index (χ1) is 9.19. The van der Waals surface area contributed by atoms with Crippen molar-refractivity contribution in [3.05, 3.63) is 40.4 Å². The third-order valence-corrected chi connectivity index (χ3v) is 3.29. The van der Waals surface area contributed by atoms with Gasteiger partial charge in [-0.3, -0.25) is 0 Å². The monoisotopic (exact) mass is 321 g/mol. The van der Waals surface area contributed by atoms with Crippen molar-refractivity contribution in [2.75, 3.05) is 22.9 Å². The molecule has 0 unspecified atom stereocenters. The van der Waals surface area contributed by atoms with Crippen molar-refractivity contribution in [1.29, 1.82) is 0 Å². The Kier molecular flexibility index (Phi) is 4.57. The number of benzene rings is 1. The Balaban J connectivity index is 2.09. The minimum atomic E-state index is 0.257. The highest BCUT2D eigenvalue weighted by molar-refractivity contribution is 9.10. The Bertz CT molecular complexity index is 558. The molecule has 0 saturated carbocycles. The van der Waals surface area contributed by atoms with Gasteiger partial charge < -0.3 is 16.4 Å². The maximum Gasteiger partial charge on any atom is 0.223 e. The van der Waals surface area contributed by atoms with Crippen LogP contribution in [0.4, 0.5) is 17.6 Å². The Hall–Kier alpha value is -1.82. The fourth-order valence-electron chi connectivity index (χ4n) is 1.66. The number of halogens is 1. The fourth-order valence-corrected chi connectivity index (χ4v) is 2.08. The number of rotatable bonds is 5. The summed E-state index contributed by atoms with van der Waals surface area (Å²) in [6.07, 6.45) is 0. The maximum atomic E-state index is 5.68. The summed E-state index contributed by atoms with van der Waals surface area (Å²) in [7, 11) is 0. The number of hydrogen-bond acceptors (Lipinski definition) is 5. The SMILES string of the molecule is CCNc1cc(NCc2ccccc2Br)nc(N)n1. The van der Waals surface area contributed by atoms with E-state index in [-0.39, 0.29) is 5.95 Å². The topological polar surface area (TPSA) is 75.9 Å². The molecule has 2 rings (SSSR count). The largest absolute Gasteiger partial charge is 0.370 e. The molecule has 0 atom stereocenters. The predicted octanol–water partition coefficient (Wildman–Crippen LogP) is 2.87. The van der Waals surface area contributed by atoms with Gasteiger partial charge in [0, 0.05) is 23.6 Å². The molecule has 0 bridgehead atoms. The van der Waals surface area contributed by atoms with Crippen LogP contribution in [-0.4, -0.2) is 16.5 Å². The smallest absolute Gasteiger partial charge is 0.223 e. The minimum Gasteiger partial charge on any atom is -0.370 e. The van der Waals surface area contributed by atoms with Gasteiger partial charge in [0.05, 0.1) is 0 Å². The molecule has 0 amide bonds. The van der Waals surface area contributed by atoms with E-state index in [1.807, 2.05) is 37.3 Å². The van der Waals surface area contributed by atoms with Crippen LogP contribution in [-0.2, 0) is 6.54 Å². The van der Waals surface area contributed by atoms with Gasteiger partial charge in [-0.05, 0) is 18.6 Å². The van der Waals surface area contributed by atoms with E-state index in [4.69, 9.17) is 5.73 Å². The van der Waals surface area contributed by atoms with Crippen LogP contribution in [0.1, 0.15) is 12.5 Å².